The highest BCUT2D eigenvalue weighted by molar-refractivity contribution is 7.90. The molecule has 0 saturated carbocycles. The number of nitrogens with one attached hydrogen (secondary N) is 1. The van der Waals surface area contributed by atoms with E-state index in [2.05, 4.69) is 16.6 Å². The number of carbonyl (C=O) groups is 1. The van der Waals surface area contributed by atoms with E-state index in [1.807, 2.05) is 36.9 Å². The van der Waals surface area contributed by atoms with E-state index >= 15 is 0 Å². The molecule has 0 fully saturated rings. The molecule has 0 unspecified atom stereocenters. The Balaban J connectivity index is 1.98. The molecule has 1 aliphatic heterocycles. The van der Waals surface area contributed by atoms with Crippen LogP contribution >= 0.6 is 0 Å². The topological polar surface area (TPSA) is 78.8 Å². The van der Waals surface area contributed by atoms with Crippen LogP contribution in [0.1, 0.15) is 62.0 Å². The van der Waals surface area contributed by atoms with Gasteiger partial charge in [0.2, 0.25) is 0 Å². The summed E-state index contributed by atoms with van der Waals surface area (Å²) in [4.78, 5) is 15.0. The van der Waals surface area contributed by atoms with Gasteiger partial charge in [0.05, 0.1) is 5.69 Å². The average molecular weight is 428 g/mol. The van der Waals surface area contributed by atoms with E-state index in [9.17, 15) is 13.2 Å². The zero-order valence-electron chi connectivity index (χ0n) is 18.0. The third-order valence-corrected chi connectivity index (χ3v) is 6.79. The van der Waals surface area contributed by atoms with Crippen molar-refractivity contribution in [2.24, 2.45) is 4.40 Å². The molecule has 6 nitrogen and oxygen atoms in total. The number of para-hydroxylation sites is 1. The number of carbonyl (C=O) groups excluding carboxylic acids is 1. The molecule has 0 saturated heterocycles. The number of hydrogen-bond donors (Lipinski definition) is 1. The maximum Gasteiger partial charge on any atom is 0.286 e. The van der Waals surface area contributed by atoms with Crippen LogP contribution in [0.15, 0.2) is 45.7 Å². The van der Waals surface area contributed by atoms with Crippen molar-refractivity contribution >= 4 is 33.1 Å². The molecule has 0 atom stereocenters. The highest BCUT2D eigenvalue weighted by Crippen LogP contribution is 2.33. The van der Waals surface area contributed by atoms with Crippen LogP contribution in [0.2, 0.25) is 0 Å². The lowest BCUT2D eigenvalue weighted by molar-refractivity contribution is 0.102. The lowest BCUT2D eigenvalue weighted by atomic mass is 10.0. The standard InChI is InChI=1S/C23H29N3O3S/c1-5-8-14-26-16(4)25-30(28,29)21-15-19(12-13-20(21)26)23(27)24-22-17(6-2)10-9-11-18(22)7-3/h9-13,15H,5-8,14H2,1-4H3,(H,24,27). The number of rotatable bonds is 7. The summed E-state index contributed by atoms with van der Waals surface area (Å²) in [7, 11) is -3.84. The fraction of sp³-hybridized carbons (Fsp3) is 0.391. The number of amides is 1. The van der Waals surface area contributed by atoms with Crippen LogP contribution in [-0.4, -0.2) is 26.7 Å². The van der Waals surface area contributed by atoms with E-state index in [4.69, 9.17) is 0 Å². The van der Waals surface area contributed by atoms with Crippen LogP contribution < -0.4 is 10.2 Å². The number of sulfonamides is 1. The predicted molar refractivity (Wildman–Crippen MR) is 122 cm³/mol. The molecule has 2 aromatic rings. The Morgan fingerprint density at radius 3 is 2.33 bits per heavy atom. The highest BCUT2D eigenvalue weighted by Gasteiger charge is 2.29. The van der Waals surface area contributed by atoms with Crippen LogP contribution in [0.25, 0.3) is 0 Å². The molecular formula is C23H29N3O3S. The van der Waals surface area contributed by atoms with Crippen LogP contribution in [0, 0.1) is 0 Å². The molecule has 0 radical (unpaired) electrons. The fourth-order valence-corrected chi connectivity index (χ4v) is 4.98. The SMILES string of the molecule is CCCCN1C(C)=NS(=O)(=O)c2cc(C(=O)Nc3c(CC)cccc3CC)ccc21. The van der Waals surface area contributed by atoms with Gasteiger partial charge in [-0.2, -0.15) is 8.42 Å². The molecule has 0 bridgehead atoms. The van der Waals surface area contributed by atoms with Gasteiger partial charge < -0.3 is 10.2 Å². The molecule has 1 N–H and O–H groups in total. The summed E-state index contributed by atoms with van der Waals surface area (Å²) >= 11 is 0. The highest BCUT2D eigenvalue weighted by atomic mass is 32.2. The Bertz CT molecular complexity index is 1070. The number of aryl methyl sites for hydroxylation is 2. The quantitative estimate of drug-likeness (QED) is 0.689. The monoisotopic (exact) mass is 427 g/mol. The van der Waals surface area contributed by atoms with Gasteiger partial charge in [-0.05, 0) is 55.5 Å². The molecule has 3 rings (SSSR count). The minimum Gasteiger partial charge on any atom is -0.328 e. The summed E-state index contributed by atoms with van der Waals surface area (Å²) in [6.45, 7) is 8.55. The van der Waals surface area contributed by atoms with Gasteiger partial charge in [-0.3, -0.25) is 4.79 Å². The Kier molecular flexibility index (Phi) is 6.61. The lowest BCUT2D eigenvalue weighted by Crippen LogP contribution is -2.34. The zero-order chi connectivity index (χ0) is 21.9. The molecule has 0 aliphatic carbocycles. The molecule has 2 aromatic carbocycles. The molecular weight excluding hydrogens is 398 g/mol. The second kappa shape index (κ2) is 9.00. The largest absolute Gasteiger partial charge is 0.328 e. The van der Waals surface area contributed by atoms with E-state index in [1.54, 1.807) is 19.1 Å². The van der Waals surface area contributed by atoms with Gasteiger partial charge in [-0.1, -0.05) is 45.4 Å². The number of nitrogens with zero attached hydrogens (tertiary/aromatic N) is 2. The first-order valence-corrected chi connectivity index (χ1v) is 11.9. The Labute approximate surface area is 179 Å². The molecule has 0 spiro atoms. The number of amidine groups is 1. The number of fused-ring (bicyclic) bond motifs is 1. The summed E-state index contributed by atoms with van der Waals surface area (Å²) in [5.41, 5.74) is 3.80. The smallest absolute Gasteiger partial charge is 0.286 e. The molecule has 7 heteroatoms. The first-order valence-electron chi connectivity index (χ1n) is 10.5. The van der Waals surface area contributed by atoms with Crippen molar-refractivity contribution in [2.75, 3.05) is 16.8 Å². The Morgan fingerprint density at radius 1 is 1.07 bits per heavy atom. The van der Waals surface area contributed by atoms with Crippen molar-refractivity contribution in [1.29, 1.82) is 0 Å². The van der Waals surface area contributed by atoms with E-state index < -0.39 is 10.0 Å². The van der Waals surface area contributed by atoms with Crippen molar-refractivity contribution in [2.45, 2.75) is 58.3 Å². The van der Waals surface area contributed by atoms with E-state index in [0.29, 0.717) is 23.6 Å². The zero-order valence-corrected chi connectivity index (χ0v) is 18.8. The number of anilines is 2. The van der Waals surface area contributed by atoms with Gasteiger partial charge in [0, 0.05) is 17.8 Å². The van der Waals surface area contributed by atoms with E-state index in [-0.39, 0.29) is 10.8 Å². The summed E-state index contributed by atoms with van der Waals surface area (Å²) in [5, 5.41) is 3.00. The molecule has 0 aromatic heterocycles. The van der Waals surface area contributed by atoms with Crippen LogP contribution in [0.5, 0.6) is 0 Å². The molecule has 160 valence electrons. The summed E-state index contributed by atoms with van der Waals surface area (Å²) in [6, 6.07) is 10.8. The molecule has 1 aliphatic rings. The van der Waals surface area contributed by atoms with Crippen LogP contribution in [0.3, 0.4) is 0 Å². The van der Waals surface area contributed by atoms with Crippen molar-refractivity contribution in [3.05, 3.63) is 53.1 Å². The normalized spacial score (nSPS) is 14.8. The molecule has 1 heterocycles. The number of benzene rings is 2. The van der Waals surface area contributed by atoms with Crippen LogP contribution in [-0.2, 0) is 22.9 Å². The first-order chi connectivity index (χ1) is 14.3. The van der Waals surface area contributed by atoms with Gasteiger partial charge in [-0.25, -0.2) is 0 Å². The third kappa shape index (κ3) is 4.26. The van der Waals surface area contributed by atoms with Crippen molar-refractivity contribution < 1.29 is 13.2 Å². The van der Waals surface area contributed by atoms with Gasteiger partial charge in [0.1, 0.15) is 10.7 Å². The second-order valence-corrected chi connectivity index (χ2v) is 8.99. The third-order valence-electron chi connectivity index (χ3n) is 5.41. The molecule has 30 heavy (non-hydrogen) atoms. The minimum atomic E-state index is -3.84. The van der Waals surface area contributed by atoms with Gasteiger partial charge in [0.15, 0.2) is 0 Å². The number of hydrogen-bond acceptors (Lipinski definition) is 4. The Morgan fingerprint density at radius 2 is 1.73 bits per heavy atom. The summed E-state index contributed by atoms with van der Waals surface area (Å²) in [6.07, 6.45) is 3.50. The maximum atomic E-state index is 13.0. The lowest BCUT2D eigenvalue weighted by Gasteiger charge is -2.29. The molecule has 1 amide bonds. The van der Waals surface area contributed by atoms with Gasteiger partial charge in [0.25, 0.3) is 15.9 Å². The second-order valence-electron chi connectivity index (χ2n) is 7.41. The number of unbranched alkanes of at least 4 members (excludes halogenated alkanes) is 1. The van der Waals surface area contributed by atoms with Crippen LogP contribution in [0.4, 0.5) is 11.4 Å². The predicted octanol–water partition coefficient (Wildman–Crippen LogP) is 4.79. The maximum absolute atomic E-state index is 13.0. The average Bonchev–Trinajstić information content (AvgIpc) is 2.73. The Hall–Kier alpha value is -2.67. The van der Waals surface area contributed by atoms with Crippen molar-refractivity contribution in [1.82, 2.24) is 0 Å². The van der Waals surface area contributed by atoms with E-state index in [0.717, 1.165) is 42.5 Å². The minimum absolute atomic E-state index is 0.0799. The first kappa shape index (κ1) is 22.0. The van der Waals surface area contributed by atoms with Crippen molar-refractivity contribution in [3.63, 3.8) is 0 Å². The van der Waals surface area contributed by atoms with Crippen molar-refractivity contribution in [3.8, 4) is 0 Å². The summed E-state index contributed by atoms with van der Waals surface area (Å²) < 4.78 is 29.3. The summed E-state index contributed by atoms with van der Waals surface area (Å²) in [5.74, 6) is 0.132. The van der Waals surface area contributed by atoms with E-state index in [1.165, 1.54) is 6.07 Å². The van der Waals surface area contributed by atoms with Gasteiger partial charge in [-0.15, -0.1) is 4.40 Å². The fourth-order valence-electron chi connectivity index (χ4n) is 3.72. The van der Waals surface area contributed by atoms with Gasteiger partial charge >= 0.3 is 0 Å².